The molecule has 0 bridgehead atoms. The molecule has 0 fully saturated rings. The predicted octanol–water partition coefficient (Wildman–Crippen LogP) is 5.01. The van der Waals surface area contributed by atoms with Crippen LogP contribution in [-0.2, 0) is 11.2 Å². The maximum absolute atomic E-state index is 5.88. The number of benzene rings is 1. The first-order valence-electron chi connectivity index (χ1n) is 9.02. The van der Waals surface area contributed by atoms with Crippen molar-refractivity contribution in [2.24, 2.45) is 5.92 Å². The molecule has 3 nitrogen and oxygen atoms in total. The fraction of sp³-hybridized carbons (Fsp3) is 0.700. The van der Waals surface area contributed by atoms with Crippen molar-refractivity contribution in [3.63, 3.8) is 0 Å². The largest absolute Gasteiger partial charge is 0.493 e. The van der Waals surface area contributed by atoms with E-state index in [2.05, 4.69) is 39.8 Å². The second kappa shape index (κ2) is 8.58. The molecule has 1 atom stereocenters. The van der Waals surface area contributed by atoms with Crippen LogP contribution in [0.5, 0.6) is 11.5 Å². The molecule has 0 N–H and O–H groups in total. The Morgan fingerprint density at radius 1 is 1.26 bits per heavy atom. The molecule has 2 rings (SSSR count). The van der Waals surface area contributed by atoms with E-state index < -0.39 is 0 Å². The summed E-state index contributed by atoms with van der Waals surface area (Å²) >= 11 is 0. The molecule has 0 aromatic heterocycles. The van der Waals surface area contributed by atoms with Gasteiger partial charge in [-0.3, -0.25) is 0 Å². The van der Waals surface area contributed by atoms with Crippen LogP contribution in [0.4, 0.5) is 0 Å². The average molecular weight is 320 g/mol. The zero-order chi connectivity index (χ0) is 16.7. The van der Waals surface area contributed by atoms with E-state index in [4.69, 9.17) is 14.2 Å². The summed E-state index contributed by atoms with van der Waals surface area (Å²) in [6, 6.07) is 6.21. The van der Waals surface area contributed by atoms with Gasteiger partial charge < -0.3 is 14.2 Å². The smallest absolute Gasteiger partial charge is 0.126 e. The van der Waals surface area contributed by atoms with E-state index in [0.29, 0.717) is 5.92 Å². The molecule has 130 valence electrons. The molecule has 0 aliphatic carbocycles. The minimum atomic E-state index is 0.00931. The second-order valence-corrected chi connectivity index (χ2v) is 7.20. The zero-order valence-electron chi connectivity index (χ0n) is 15.2. The van der Waals surface area contributed by atoms with E-state index in [-0.39, 0.29) is 5.60 Å². The number of ether oxygens (including phenoxy) is 3. The third-order valence-corrected chi connectivity index (χ3v) is 4.56. The summed E-state index contributed by atoms with van der Waals surface area (Å²) in [7, 11) is 0. The molecule has 0 spiro atoms. The maximum Gasteiger partial charge on any atom is 0.126 e. The van der Waals surface area contributed by atoms with Crippen LogP contribution in [0.3, 0.4) is 0 Å². The van der Waals surface area contributed by atoms with E-state index in [0.717, 1.165) is 50.6 Å². The van der Waals surface area contributed by atoms with Crippen molar-refractivity contribution in [2.45, 2.75) is 65.4 Å². The highest BCUT2D eigenvalue weighted by Crippen LogP contribution is 2.29. The summed E-state index contributed by atoms with van der Waals surface area (Å²) in [4.78, 5) is 0. The van der Waals surface area contributed by atoms with E-state index in [1.165, 1.54) is 18.4 Å². The van der Waals surface area contributed by atoms with Crippen LogP contribution in [-0.4, -0.2) is 25.4 Å². The quantitative estimate of drug-likeness (QED) is 0.606. The maximum atomic E-state index is 5.88. The van der Waals surface area contributed by atoms with Gasteiger partial charge in [-0.15, -0.1) is 0 Å². The minimum Gasteiger partial charge on any atom is -0.493 e. The average Bonchev–Trinajstić information content (AvgIpc) is 2.94. The lowest BCUT2D eigenvalue weighted by Crippen LogP contribution is -2.24. The van der Waals surface area contributed by atoms with Gasteiger partial charge in [-0.2, -0.15) is 0 Å². The monoisotopic (exact) mass is 320 g/mol. The van der Waals surface area contributed by atoms with E-state index in [1.54, 1.807) is 0 Å². The molecule has 23 heavy (non-hydrogen) atoms. The van der Waals surface area contributed by atoms with Gasteiger partial charge in [0.25, 0.3) is 0 Å². The standard InChI is InChI=1S/C20H32O3/c1-5-23-20(3,4)12-6-7-16(2)10-13-21-18-9-8-17-11-14-22-19(17)15-18/h8-9,15-16H,5-7,10-14H2,1-4H3. The van der Waals surface area contributed by atoms with Crippen LogP contribution >= 0.6 is 0 Å². The number of hydrogen-bond donors (Lipinski definition) is 0. The molecule has 1 aromatic carbocycles. The van der Waals surface area contributed by atoms with E-state index >= 15 is 0 Å². The van der Waals surface area contributed by atoms with Crippen LogP contribution in [0.15, 0.2) is 18.2 Å². The highest BCUT2D eigenvalue weighted by molar-refractivity contribution is 5.42. The van der Waals surface area contributed by atoms with Crippen LogP contribution in [0.1, 0.15) is 58.9 Å². The highest BCUT2D eigenvalue weighted by Gasteiger charge is 2.17. The summed E-state index contributed by atoms with van der Waals surface area (Å²) < 4.78 is 17.2. The third-order valence-electron chi connectivity index (χ3n) is 4.56. The lowest BCUT2D eigenvalue weighted by atomic mass is 9.95. The van der Waals surface area contributed by atoms with Crippen molar-refractivity contribution < 1.29 is 14.2 Å². The third kappa shape index (κ3) is 6.06. The van der Waals surface area contributed by atoms with Crippen molar-refractivity contribution in [1.29, 1.82) is 0 Å². The van der Waals surface area contributed by atoms with E-state index in [9.17, 15) is 0 Å². The van der Waals surface area contributed by atoms with Gasteiger partial charge in [0.05, 0.1) is 18.8 Å². The first-order chi connectivity index (χ1) is 11.0. The SMILES string of the molecule is CCOC(C)(C)CCCC(C)CCOc1ccc2c(c1)OCC2. The highest BCUT2D eigenvalue weighted by atomic mass is 16.5. The van der Waals surface area contributed by atoms with E-state index in [1.807, 2.05) is 6.07 Å². The van der Waals surface area contributed by atoms with Crippen LogP contribution in [0, 0.1) is 5.92 Å². The molecule has 0 saturated heterocycles. The van der Waals surface area contributed by atoms with Crippen molar-refractivity contribution in [1.82, 2.24) is 0 Å². The van der Waals surface area contributed by atoms with Crippen LogP contribution in [0.2, 0.25) is 0 Å². The molecule has 1 aliphatic heterocycles. The molecule has 0 amide bonds. The van der Waals surface area contributed by atoms with Gasteiger partial charge in [-0.25, -0.2) is 0 Å². The Bertz CT molecular complexity index is 482. The summed E-state index contributed by atoms with van der Waals surface area (Å²) in [6.07, 6.45) is 5.67. The Morgan fingerprint density at radius 2 is 2.09 bits per heavy atom. The van der Waals surface area contributed by atoms with Crippen molar-refractivity contribution >= 4 is 0 Å². The second-order valence-electron chi connectivity index (χ2n) is 7.20. The van der Waals surface area contributed by atoms with Gasteiger partial charge in [0.2, 0.25) is 0 Å². The Labute approximate surface area is 141 Å². The molecule has 3 heteroatoms. The molecular weight excluding hydrogens is 288 g/mol. The Kier molecular flexibility index (Phi) is 6.76. The zero-order valence-corrected chi connectivity index (χ0v) is 15.2. The van der Waals surface area contributed by atoms with Crippen molar-refractivity contribution in [3.05, 3.63) is 23.8 Å². The summed E-state index contributed by atoms with van der Waals surface area (Å²) in [5.41, 5.74) is 1.30. The predicted molar refractivity (Wildman–Crippen MR) is 94.5 cm³/mol. The van der Waals surface area contributed by atoms with Crippen molar-refractivity contribution in [3.8, 4) is 11.5 Å². The first-order valence-corrected chi connectivity index (χ1v) is 9.02. The van der Waals surface area contributed by atoms with Crippen LogP contribution < -0.4 is 9.47 Å². The van der Waals surface area contributed by atoms with Gasteiger partial charge in [0.15, 0.2) is 0 Å². The van der Waals surface area contributed by atoms with Gasteiger partial charge >= 0.3 is 0 Å². The number of hydrogen-bond acceptors (Lipinski definition) is 3. The lowest BCUT2D eigenvalue weighted by molar-refractivity contribution is -0.0183. The normalized spacial score (nSPS) is 15.1. The summed E-state index contributed by atoms with van der Waals surface area (Å²) in [5.74, 6) is 2.60. The Balaban J connectivity index is 1.62. The molecule has 1 heterocycles. The minimum absolute atomic E-state index is 0.00931. The number of rotatable bonds is 10. The topological polar surface area (TPSA) is 27.7 Å². The van der Waals surface area contributed by atoms with Gasteiger partial charge in [-0.05, 0) is 51.2 Å². The molecule has 1 unspecified atom stereocenters. The fourth-order valence-corrected chi connectivity index (χ4v) is 3.10. The van der Waals surface area contributed by atoms with Crippen molar-refractivity contribution in [2.75, 3.05) is 19.8 Å². The summed E-state index contributed by atoms with van der Waals surface area (Å²) in [6.45, 7) is 11.1. The Hall–Kier alpha value is -1.22. The molecule has 0 saturated carbocycles. The van der Waals surface area contributed by atoms with Gasteiger partial charge in [-0.1, -0.05) is 25.8 Å². The molecule has 1 aromatic rings. The van der Waals surface area contributed by atoms with Gasteiger partial charge in [0.1, 0.15) is 11.5 Å². The Morgan fingerprint density at radius 3 is 2.87 bits per heavy atom. The lowest BCUT2D eigenvalue weighted by Gasteiger charge is -2.25. The molecular formula is C20H32O3. The fourth-order valence-electron chi connectivity index (χ4n) is 3.10. The first kappa shape index (κ1) is 18.1. The molecule has 0 radical (unpaired) electrons. The summed E-state index contributed by atoms with van der Waals surface area (Å²) in [5, 5.41) is 0. The number of fused-ring (bicyclic) bond motifs is 1. The van der Waals surface area contributed by atoms with Gasteiger partial charge in [0, 0.05) is 19.1 Å². The molecule has 1 aliphatic rings. The van der Waals surface area contributed by atoms with Crippen LogP contribution in [0.25, 0.3) is 0 Å².